The van der Waals surface area contributed by atoms with Gasteiger partial charge in [0.15, 0.2) is 9.84 Å². The smallest absolute Gasteiger partial charge is 0.255 e. The van der Waals surface area contributed by atoms with Crippen molar-refractivity contribution in [3.05, 3.63) is 54.1 Å². The Morgan fingerprint density at radius 2 is 1.81 bits per heavy atom. The summed E-state index contributed by atoms with van der Waals surface area (Å²) in [5, 5.41) is 12.3. The minimum Gasteiger partial charge on any atom is -0.506 e. The summed E-state index contributed by atoms with van der Waals surface area (Å²) >= 11 is 0. The Labute approximate surface area is 123 Å². The van der Waals surface area contributed by atoms with E-state index < -0.39 is 15.7 Å². The first-order chi connectivity index (χ1) is 9.94. The number of nitrogens with one attached hydrogen (secondary N) is 1. The molecule has 6 heteroatoms. The lowest BCUT2D eigenvalue weighted by Crippen LogP contribution is -2.12. The number of carbonyl (C=O) groups is 1. The minimum absolute atomic E-state index is 0.0517. The molecule has 21 heavy (non-hydrogen) atoms. The van der Waals surface area contributed by atoms with Gasteiger partial charge in [0.2, 0.25) is 0 Å². The van der Waals surface area contributed by atoms with E-state index in [-0.39, 0.29) is 22.1 Å². The maximum absolute atomic E-state index is 12.0. The second kappa shape index (κ2) is 5.97. The van der Waals surface area contributed by atoms with Crippen LogP contribution in [0.25, 0.3) is 0 Å². The van der Waals surface area contributed by atoms with Crippen LogP contribution in [0.2, 0.25) is 0 Å². The van der Waals surface area contributed by atoms with Crippen LogP contribution in [0.1, 0.15) is 17.3 Å². The number of carbonyl (C=O) groups excluding carboxylic acids is 1. The monoisotopic (exact) mass is 305 g/mol. The molecular formula is C15H15NO4S. The van der Waals surface area contributed by atoms with Gasteiger partial charge in [0.1, 0.15) is 5.75 Å². The van der Waals surface area contributed by atoms with E-state index in [0.717, 1.165) is 0 Å². The lowest BCUT2D eigenvalue weighted by Gasteiger charge is -2.09. The van der Waals surface area contributed by atoms with Crippen molar-refractivity contribution in [2.75, 3.05) is 11.1 Å². The van der Waals surface area contributed by atoms with Crippen molar-refractivity contribution < 1.29 is 18.3 Å². The number of hydrogen-bond donors (Lipinski definition) is 2. The van der Waals surface area contributed by atoms with Gasteiger partial charge in [-0.05, 0) is 30.3 Å². The molecule has 1 amide bonds. The lowest BCUT2D eigenvalue weighted by molar-refractivity contribution is 0.102. The van der Waals surface area contributed by atoms with Crippen molar-refractivity contribution in [2.24, 2.45) is 0 Å². The quantitative estimate of drug-likeness (QED) is 0.850. The largest absolute Gasteiger partial charge is 0.506 e. The third-order valence-corrected chi connectivity index (χ3v) is 4.72. The van der Waals surface area contributed by atoms with E-state index in [1.54, 1.807) is 30.3 Å². The maximum Gasteiger partial charge on any atom is 0.255 e. The highest BCUT2D eigenvalue weighted by Crippen LogP contribution is 2.27. The van der Waals surface area contributed by atoms with E-state index in [1.165, 1.54) is 25.1 Å². The van der Waals surface area contributed by atoms with Gasteiger partial charge in [-0.3, -0.25) is 4.79 Å². The molecule has 0 atom stereocenters. The molecular weight excluding hydrogens is 290 g/mol. The normalized spacial score (nSPS) is 11.1. The van der Waals surface area contributed by atoms with E-state index in [9.17, 15) is 18.3 Å². The summed E-state index contributed by atoms with van der Waals surface area (Å²) in [5.74, 6) is -0.657. The van der Waals surface area contributed by atoms with Crippen molar-refractivity contribution >= 4 is 21.4 Å². The Morgan fingerprint density at radius 3 is 2.43 bits per heavy atom. The molecule has 0 aromatic heterocycles. The van der Waals surface area contributed by atoms with E-state index >= 15 is 0 Å². The Balaban J connectivity index is 2.32. The number of rotatable bonds is 4. The van der Waals surface area contributed by atoms with Gasteiger partial charge >= 0.3 is 0 Å². The van der Waals surface area contributed by atoms with Crippen molar-refractivity contribution in [1.82, 2.24) is 0 Å². The van der Waals surface area contributed by atoms with Crippen LogP contribution in [0, 0.1) is 0 Å². The predicted molar refractivity (Wildman–Crippen MR) is 80.2 cm³/mol. The Kier molecular flexibility index (Phi) is 4.28. The first kappa shape index (κ1) is 15.1. The van der Waals surface area contributed by atoms with Crippen LogP contribution in [-0.2, 0) is 9.84 Å². The van der Waals surface area contributed by atoms with Gasteiger partial charge in [0.05, 0.1) is 16.3 Å². The molecule has 0 bridgehead atoms. The zero-order valence-corrected chi connectivity index (χ0v) is 12.2. The van der Waals surface area contributed by atoms with Crippen molar-refractivity contribution in [1.29, 1.82) is 0 Å². The van der Waals surface area contributed by atoms with Crippen LogP contribution in [0.4, 0.5) is 5.69 Å². The molecule has 2 N–H and O–H groups in total. The van der Waals surface area contributed by atoms with Crippen LogP contribution in [0.3, 0.4) is 0 Å². The first-order valence-corrected chi connectivity index (χ1v) is 8.01. The van der Waals surface area contributed by atoms with Crippen LogP contribution < -0.4 is 5.32 Å². The highest BCUT2D eigenvalue weighted by molar-refractivity contribution is 7.91. The molecule has 2 aromatic rings. The molecule has 0 heterocycles. The molecule has 0 fully saturated rings. The number of hydrogen-bond acceptors (Lipinski definition) is 4. The molecule has 0 spiro atoms. The van der Waals surface area contributed by atoms with E-state index in [2.05, 4.69) is 5.32 Å². The van der Waals surface area contributed by atoms with Crippen molar-refractivity contribution in [3.8, 4) is 5.75 Å². The standard InChI is InChI=1S/C15H15NO4S/c1-2-21(19,20)12-8-9-14(17)13(10-12)16-15(18)11-6-4-3-5-7-11/h3-10,17H,2H2,1H3,(H,16,18). The van der Waals surface area contributed by atoms with E-state index in [4.69, 9.17) is 0 Å². The highest BCUT2D eigenvalue weighted by Gasteiger charge is 2.15. The van der Waals surface area contributed by atoms with Gasteiger partial charge in [-0.15, -0.1) is 0 Å². The molecule has 0 saturated heterocycles. The zero-order chi connectivity index (χ0) is 15.5. The van der Waals surface area contributed by atoms with Gasteiger partial charge in [0, 0.05) is 5.56 Å². The number of amides is 1. The highest BCUT2D eigenvalue weighted by atomic mass is 32.2. The first-order valence-electron chi connectivity index (χ1n) is 6.36. The van der Waals surface area contributed by atoms with Gasteiger partial charge < -0.3 is 10.4 Å². The third kappa shape index (κ3) is 3.41. The fourth-order valence-corrected chi connectivity index (χ4v) is 2.67. The summed E-state index contributed by atoms with van der Waals surface area (Å²) in [7, 11) is -3.40. The van der Waals surface area contributed by atoms with Crippen LogP contribution in [0.5, 0.6) is 5.75 Å². The molecule has 0 saturated carbocycles. The van der Waals surface area contributed by atoms with E-state index in [1.807, 2.05) is 0 Å². The summed E-state index contributed by atoms with van der Waals surface area (Å²) in [5.41, 5.74) is 0.485. The summed E-state index contributed by atoms with van der Waals surface area (Å²) in [6.07, 6.45) is 0. The van der Waals surface area contributed by atoms with E-state index in [0.29, 0.717) is 5.56 Å². The fourth-order valence-electron chi connectivity index (χ4n) is 1.76. The fraction of sp³-hybridized carbons (Fsp3) is 0.133. The lowest BCUT2D eigenvalue weighted by atomic mass is 10.2. The van der Waals surface area contributed by atoms with Crippen LogP contribution >= 0.6 is 0 Å². The number of phenols is 1. The van der Waals surface area contributed by atoms with Gasteiger partial charge in [-0.25, -0.2) is 8.42 Å². The van der Waals surface area contributed by atoms with Crippen LogP contribution in [-0.4, -0.2) is 25.2 Å². The third-order valence-electron chi connectivity index (χ3n) is 2.99. The summed E-state index contributed by atoms with van der Waals surface area (Å²) < 4.78 is 23.7. The topological polar surface area (TPSA) is 83.5 Å². The van der Waals surface area contributed by atoms with Gasteiger partial charge in [-0.1, -0.05) is 25.1 Å². The molecule has 5 nitrogen and oxygen atoms in total. The molecule has 0 aliphatic heterocycles. The van der Waals surface area contributed by atoms with Crippen molar-refractivity contribution in [2.45, 2.75) is 11.8 Å². The number of sulfone groups is 1. The van der Waals surface area contributed by atoms with Gasteiger partial charge in [0.25, 0.3) is 5.91 Å². The second-order valence-corrected chi connectivity index (χ2v) is 6.68. The van der Waals surface area contributed by atoms with Gasteiger partial charge in [-0.2, -0.15) is 0 Å². The molecule has 2 aromatic carbocycles. The van der Waals surface area contributed by atoms with Crippen LogP contribution in [0.15, 0.2) is 53.4 Å². The predicted octanol–water partition coefficient (Wildman–Crippen LogP) is 2.44. The SMILES string of the molecule is CCS(=O)(=O)c1ccc(O)c(NC(=O)c2ccccc2)c1. The average Bonchev–Trinajstić information content (AvgIpc) is 2.50. The molecule has 0 unspecified atom stereocenters. The second-order valence-electron chi connectivity index (χ2n) is 4.40. The zero-order valence-electron chi connectivity index (χ0n) is 11.4. The molecule has 0 radical (unpaired) electrons. The maximum atomic E-state index is 12.0. The Hall–Kier alpha value is -2.34. The van der Waals surface area contributed by atoms with Crippen molar-refractivity contribution in [3.63, 3.8) is 0 Å². The molecule has 110 valence electrons. The average molecular weight is 305 g/mol. The molecule has 0 aliphatic carbocycles. The Morgan fingerprint density at radius 1 is 1.14 bits per heavy atom. The number of anilines is 1. The number of phenolic OH excluding ortho intramolecular Hbond substituents is 1. The molecule has 0 aliphatic rings. The number of aromatic hydroxyl groups is 1. The molecule has 2 rings (SSSR count). The summed E-state index contributed by atoms with van der Waals surface area (Å²) in [6, 6.07) is 12.3. The summed E-state index contributed by atoms with van der Waals surface area (Å²) in [4.78, 5) is 12.1. The minimum atomic E-state index is -3.40. The summed E-state index contributed by atoms with van der Waals surface area (Å²) in [6.45, 7) is 1.53. The Bertz CT molecular complexity index is 754. The number of benzene rings is 2.